The lowest BCUT2D eigenvalue weighted by Gasteiger charge is -2.22. The predicted octanol–water partition coefficient (Wildman–Crippen LogP) is 5.12. The number of hydrogen-bond donors (Lipinski definition) is 3. The van der Waals surface area contributed by atoms with Gasteiger partial charge in [-0.1, -0.05) is 41.9 Å². The van der Waals surface area contributed by atoms with Gasteiger partial charge in [0.05, 0.1) is 18.4 Å². The smallest absolute Gasteiger partial charge is 0.490 e. The highest BCUT2D eigenvalue weighted by Crippen LogP contribution is 2.30. The maximum absolute atomic E-state index is 12.9. The molecule has 0 amide bonds. The van der Waals surface area contributed by atoms with E-state index in [0.29, 0.717) is 12.2 Å². The summed E-state index contributed by atoms with van der Waals surface area (Å²) in [4.78, 5) is 22.4. The van der Waals surface area contributed by atoms with Crippen molar-refractivity contribution in [1.29, 1.82) is 0 Å². The van der Waals surface area contributed by atoms with Gasteiger partial charge < -0.3 is 19.8 Å². The van der Waals surface area contributed by atoms with Gasteiger partial charge in [0.2, 0.25) is 0 Å². The Morgan fingerprint density at radius 3 is 2.16 bits per heavy atom. The number of nitrogens with zero attached hydrogens (tertiary/aromatic N) is 1. The van der Waals surface area contributed by atoms with Crippen LogP contribution in [0.4, 0.5) is 24.5 Å². The van der Waals surface area contributed by atoms with Crippen molar-refractivity contribution in [2.75, 3.05) is 23.8 Å². The number of rotatable bonds is 8. The molecule has 0 aliphatic carbocycles. The Bertz CT molecular complexity index is 1400. The summed E-state index contributed by atoms with van der Waals surface area (Å²) in [5, 5.41) is 17.0. The van der Waals surface area contributed by atoms with Gasteiger partial charge >= 0.3 is 18.1 Å². The van der Waals surface area contributed by atoms with E-state index in [1.54, 1.807) is 18.0 Å². The van der Waals surface area contributed by atoms with Crippen LogP contribution in [0.25, 0.3) is 0 Å². The molecule has 0 aliphatic rings. The number of carboxylic acid groups (broad SMARTS) is 2. The molecule has 0 aliphatic heterocycles. The molecule has 3 aromatic carbocycles. The van der Waals surface area contributed by atoms with E-state index in [1.807, 2.05) is 30.3 Å². The fourth-order valence-electron chi connectivity index (χ4n) is 3.12. The summed E-state index contributed by atoms with van der Waals surface area (Å²) in [5.74, 6) is -3.81. The van der Waals surface area contributed by atoms with Crippen LogP contribution in [-0.2, 0) is 21.4 Å². The Balaban J connectivity index is 0.000000638. The van der Waals surface area contributed by atoms with Crippen molar-refractivity contribution in [3.8, 4) is 5.75 Å². The molecule has 3 N–H and O–H groups in total. The number of carbonyl (C=O) groups is 2. The Hall–Kier alpha value is -3.97. The van der Waals surface area contributed by atoms with Crippen LogP contribution >= 0.6 is 11.6 Å². The molecule has 0 aromatic heterocycles. The number of alkyl halides is 3. The molecule has 0 heterocycles. The lowest BCUT2D eigenvalue weighted by atomic mass is 10.1. The zero-order chi connectivity index (χ0) is 28.7. The lowest BCUT2D eigenvalue weighted by molar-refractivity contribution is -0.192. The Labute approximate surface area is 221 Å². The number of ether oxygens (including phenoxy) is 1. The van der Waals surface area contributed by atoms with Crippen molar-refractivity contribution in [2.24, 2.45) is 0 Å². The van der Waals surface area contributed by atoms with Crippen LogP contribution in [0.2, 0.25) is 5.02 Å². The molecular weight excluding hydrogens is 553 g/mol. The predicted molar refractivity (Wildman–Crippen MR) is 134 cm³/mol. The van der Waals surface area contributed by atoms with E-state index in [0.717, 1.165) is 5.56 Å². The maximum atomic E-state index is 12.9. The number of methoxy groups -OCH3 is 1. The summed E-state index contributed by atoms with van der Waals surface area (Å²) < 4.78 is 65.0. The van der Waals surface area contributed by atoms with Gasteiger partial charge in [0.25, 0.3) is 10.0 Å². The lowest BCUT2D eigenvalue weighted by Crippen LogP contribution is -2.21. The third-order valence-electron chi connectivity index (χ3n) is 4.81. The molecule has 0 spiro atoms. The van der Waals surface area contributed by atoms with Gasteiger partial charge in [-0.15, -0.1) is 0 Å². The molecule has 204 valence electrons. The van der Waals surface area contributed by atoms with Crippen molar-refractivity contribution < 1.29 is 46.1 Å². The first kappa shape index (κ1) is 30.3. The largest absolute Gasteiger partial charge is 0.495 e. The van der Waals surface area contributed by atoms with Crippen LogP contribution in [0.3, 0.4) is 0 Å². The van der Waals surface area contributed by atoms with Crippen LogP contribution in [0.15, 0.2) is 71.6 Å². The molecule has 0 fully saturated rings. The fraction of sp³-hybridized carbons (Fsp3) is 0.167. The normalized spacial score (nSPS) is 11.1. The molecule has 0 saturated carbocycles. The van der Waals surface area contributed by atoms with Crippen LogP contribution in [0, 0.1) is 0 Å². The molecule has 0 atom stereocenters. The maximum Gasteiger partial charge on any atom is 0.490 e. The number of benzene rings is 3. The summed E-state index contributed by atoms with van der Waals surface area (Å²) in [7, 11) is -0.946. The minimum absolute atomic E-state index is 0.0308. The second-order valence-corrected chi connectivity index (χ2v) is 9.67. The molecule has 3 aromatic rings. The minimum Gasteiger partial charge on any atom is -0.495 e. The highest BCUT2D eigenvalue weighted by Gasteiger charge is 2.38. The summed E-state index contributed by atoms with van der Waals surface area (Å²) >= 11 is 5.94. The second-order valence-electron chi connectivity index (χ2n) is 7.58. The Morgan fingerprint density at radius 2 is 1.63 bits per heavy atom. The van der Waals surface area contributed by atoms with Crippen molar-refractivity contribution in [3.63, 3.8) is 0 Å². The highest BCUT2D eigenvalue weighted by molar-refractivity contribution is 7.92. The first-order valence-electron chi connectivity index (χ1n) is 10.4. The summed E-state index contributed by atoms with van der Waals surface area (Å²) in [6.45, 7) is 0.492. The van der Waals surface area contributed by atoms with Crippen LogP contribution in [0.1, 0.15) is 15.9 Å². The van der Waals surface area contributed by atoms with E-state index in [2.05, 4.69) is 4.72 Å². The van der Waals surface area contributed by atoms with Crippen molar-refractivity contribution in [1.82, 2.24) is 0 Å². The monoisotopic (exact) mass is 574 g/mol. The summed E-state index contributed by atoms with van der Waals surface area (Å²) in [6.07, 6.45) is -5.08. The van der Waals surface area contributed by atoms with Crippen molar-refractivity contribution in [3.05, 3.63) is 82.9 Å². The van der Waals surface area contributed by atoms with Crippen LogP contribution < -0.4 is 14.4 Å². The van der Waals surface area contributed by atoms with E-state index < -0.39 is 28.1 Å². The molecule has 38 heavy (non-hydrogen) atoms. The number of aromatic carboxylic acids is 1. The van der Waals surface area contributed by atoms with Gasteiger partial charge in [-0.2, -0.15) is 13.2 Å². The van der Waals surface area contributed by atoms with Crippen LogP contribution in [0.5, 0.6) is 5.75 Å². The number of sulfonamides is 1. The third-order valence-corrected chi connectivity index (χ3v) is 6.45. The number of hydrogen-bond acceptors (Lipinski definition) is 6. The van der Waals surface area contributed by atoms with E-state index >= 15 is 0 Å². The number of halogens is 4. The average Bonchev–Trinajstić information content (AvgIpc) is 2.84. The van der Waals surface area contributed by atoms with Gasteiger partial charge in [-0.05, 0) is 42.0 Å². The van der Waals surface area contributed by atoms with Crippen molar-refractivity contribution in [2.45, 2.75) is 17.6 Å². The first-order valence-corrected chi connectivity index (χ1v) is 12.3. The Morgan fingerprint density at radius 1 is 1.03 bits per heavy atom. The quantitative estimate of drug-likeness (QED) is 0.338. The van der Waals surface area contributed by atoms with Gasteiger partial charge in [0, 0.05) is 24.3 Å². The van der Waals surface area contributed by atoms with Crippen molar-refractivity contribution >= 4 is 44.9 Å². The fourth-order valence-corrected chi connectivity index (χ4v) is 4.60. The van der Waals surface area contributed by atoms with Gasteiger partial charge in [-0.3, -0.25) is 4.72 Å². The summed E-state index contributed by atoms with van der Waals surface area (Å²) in [5.41, 5.74) is 1.55. The molecule has 14 heteroatoms. The second kappa shape index (κ2) is 12.5. The van der Waals surface area contributed by atoms with E-state index in [-0.39, 0.29) is 26.9 Å². The number of aliphatic carboxylic acids is 1. The molecule has 0 unspecified atom stereocenters. The molecule has 0 bridgehead atoms. The van der Waals surface area contributed by atoms with Gasteiger partial charge in [-0.25, -0.2) is 18.0 Å². The molecular formula is C24H22ClF3N2O7S. The topological polar surface area (TPSA) is 133 Å². The first-order chi connectivity index (χ1) is 17.7. The van der Waals surface area contributed by atoms with E-state index in [9.17, 15) is 31.5 Å². The summed E-state index contributed by atoms with van der Waals surface area (Å²) in [6, 6.07) is 18.2. The highest BCUT2D eigenvalue weighted by atomic mass is 35.5. The van der Waals surface area contributed by atoms with Gasteiger partial charge in [0.1, 0.15) is 10.6 Å². The SMILES string of the molecule is COc1ccc(Cl)cc1S(=O)(=O)Nc1ccc(N(C)Cc2ccccc2)c(C(=O)O)c1.O=C(O)C(F)(F)F. The standard InChI is InChI=1S/C22H21ClN2O5S.C2HF3O2/c1-25(14-15-6-4-3-5-7-15)19-10-9-17(13-18(19)22(26)27)24-31(28,29)21-12-16(23)8-11-20(21)30-2;3-2(4,5)1(6)7/h3-13,24H,14H2,1-2H3,(H,26,27);(H,6,7). The average molecular weight is 575 g/mol. The Kier molecular flexibility index (Phi) is 9.97. The zero-order valence-corrected chi connectivity index (χ0v) is 21.4. The van der Waals surface area contributed by atoms with Gasteiger partial charge in [0.15, 0.2) is 0 Å². The molecule has 0 radical (unpaired) electrons. The van der Waals surface area contributed by atoms with E-state index in [4.69, 9.17) is 26.2 Å². The van der Waals surface area contributed by atoms with E-state index in [1.165, 1.54) is 37.4 Å². The number of anilines is 2. The zero-order valence-electron chi connectivity index (χ0n) is 19.9. The minimum atomic E-state index is -5.08. The molecule has 3 rings (SSSR count). The van der Waals surface area contributed by atoms with Crippen LogP contribution in [-0.4, -0.2) is 50.9 Å². The number of carboxylic acids is 2. The third kappa shape index (κ3) is 8.28. The molecule has 0 saturated heterocycles. The molecule has 9 nitrogen and oxygen atoms in total. The number of nitrogens with one attached hydrogen (secondary N) is 1.